The van der Waals surface area contributed by atoms with Gasteiger partial charge in [0, 0.05) is 12.8 Å². The van der Waals surface area contributed by atoms with E-state index in [9.17, 15) is 19.8 Å². The van der Waals surface area contributed by atoms with E-state index in [1.165, 1.54) is 154 Å². The van der Waals surface area contributed by atoms with E-state index in [0.717, 1.165) is 57.8 Å². The van der Waals surface area contributed by atoms with Crippen LogP contribution in [0.25, 0.3) is 0 Å². The fourth-order valence-corrected chi connectivity index (χ4v) is 6.86. The summed E-state index contributed by atoms with van der Waals surface area (Å²) in [5, 5.41) is 22.9. The van der Waals surface area contributed by atoms with Gasteiger partial charge in [-0.05, 0) is 57.8 Å². The van der Waals surface area contributed by atoms with Crippen LogP contribution in [0.3, 0.4) is 0 Å². The summed E-state index contributed by atoms with van der Waals surface area (Å²) in [5.41, 5.74) is 0. The lowest BCUT2D eigenvalue weighted by Gasteiger charge is -2.20. The Kier molecular flexibility index (Phi) is 41.7. The summed E-state index contributed by atoms with van der Waals surface area (Å²) in [4.78, 5) is 24.4. The van der Waals surface area contributed by atoms with Crippen LogP contribution in [0.5, 0.6) is 0 Å². The third-order valence-electron chi connectivity index (χ3n) is 10.5. The zero-order chi connectivity index (χ0) is 38.7. The molecule has 0 rings (SSSR count). The lowest BCUT2D eigenvalue weighted by Crippen LogP contribution is -2.45. The molecule has 6 nitrogen and oxygen atoms in total. The Morgan fingerprint density at radius 2 is 0.887 bits per heavy atom. The zero-order valence-electron chi connectivity index (χ0n) is 35.2. The maximum absolute atomic E-state index is 12.4. The van der Waals surface area contributed by atoms with Crippen LogP contribution < -0.4 is 5.32 Å². The van der Waals surface area contributed by atoms with Gasteiger partial charge >= 0.3 is 5.97 Å². The van der Waals surface area contributed by atoms with Crippen molar-refractivity contribution in [2.75, 3.05) is 13.2 Å². The largest absolute Gasteiger partial charge is 0.466 e. The zero-order valence-corrected chi connectivity index (χ0v) is 35.2. The third-order valence-corrected chi connectivity index (χ3v) is 10.5. The second kappa shape index (κ2) is 43.1. The van der Waals surface area contributed by atoms with Crippen LogP contribution in [0.4, 0.5) is 0 Å². The summed E-state index contributed by atoms with van der Waals surface area (Å²) >= 11 is 0. The molecule has 0 aromatic heterocycles. The predicted octanol–water partition coefficient (Wildman–Crippen LogP) is 13.2. The molecule has 2 atom stereocenters. The first-order valence-electron chi connectivity index (χ1n) is 23.1. The van der Waals surface area contributed by atoms with Gasteiger partial charge in [-0.3, -0.25) is 9.59 Å². The number of esters is 1. The molecule has 0 aliphatic heterocycles. The highest BCUT2D eigenvalue weighted by molar-refractivity contribution is 5.76. The van der Waals surface area contributed by atoms with Gasteiger partial charge in [0.15, 0.2) is 0 Å². The minimum absolute atomic E-state index is 0.0255. The number of amides is 1. The quantitative estimate of drug-likeness (QED) is 0.0328. The Morgan fingerprint density at radius 1 is 0.509 bits per heavy atom. The molecule has 0 aliphatic rings. The first kappa shape index (κ1) is 51.3. The second-order valence-corrected chi connectivity index (χ2v) is 15.7. The van der Waals surface area contributed by atoms with Crippen LogP contribution >= 0.6 is 0 Å². The summed E-state index contributed by atoms with van der Waals surface area (Å²) in [7, 11) is 0. The van der Waals surface area contributed by atoms with Crippen molar-refractivity contribution in [3.05, 3.63) is 24.3 Å². The van der Waals surface area contributed by atoms with Crippen molar-refractivity contribution >= 4 is 11.9 Å². The molecular formula is C47H89NO5. The summed E-state index contributed by atoms with van der Waals surface area (Å²) < 4.78 is 5.43. The van der Waals surface area contributed by atoms with Crippen LogP contribution in [0.15, 0.2) is 24.3 Å². The molecule has 0 aromatic carbocycles. The Labute approximate surface area is 329 Å². The van der Waals surface area contributed by atoms with Gasteiger partial charge in [0.2, 0.25) is 5.91 Å². The number of unbranched alkanes of at least 4 members (excludes halogenated alkanes) is 29. The van der Waals surface area contributed by atoms with Crippen molar-refractivity contribution in [1.82, 2.24) is 5.32 Å². The maximum Gasteiger partial charge on any atom is 0.305 e. The molecule has 0 saturated heterocycles. The number of allylic oxidation sites excluding steroid dienone is 3. The number of hydrogen-bond acceptors (Lipinski definition) is 5. The van der Waals surface area contributed by atoms with Crippen molar-refractivity contribution in [3.63, 3.8) is 0 Å². The molecule has 0 aromatic rings. The molecule has 0 heterocycles. The molecule has 53 heavy (non-hydrogen) atoms. The SMILES string of the molecule is CCCCCC/C=C\CCCCCCCC(=O)OCCCCCCCCCCCCCC(=O)NC(CO)C(O)/C=C/CCCCCCCCCCCC. The highest BCUT2D eigenvalue weighted by atomic mass is 16.5. The van der Waals surface area contributed by atoms with Crippen molar-refractivity contribution in [2.24, 2.45) is 0 Å². The summed E-state index contributed by atoms with van der Waals surface area (Å²) in [6.45, 7) is 4.82. The van der Waals surface area contributed by atoms with Gasteiger partial charge < -0.3 is 20.3 Å². The molecule has 0 spiro atoms. The molecule has 0 bridgehead atoms. The van der Waals surface area contributed by atoms with Crippen molar-refractivity contribution in [3.8, 4) is 0 Å². The van der Waals surface area contributed by atoms with Gasteiger partial charge in [-0.2, -0.15) is 0 Å². The fourth-order valence-electron chi connectivity index (χ4n) is 6.86. The molecule has 312 valence electrons. The van der Waals surface area contributed by atoms with E-state index in [0.29, 0.717) is 19.4 Å². The van der Waals surface area contributed by atoms with Crippen LogP contribution in [-0.2, 0) is 14.3 Å². The molecule has 3 N–H and O–H groups in total. The highest BCUT2D eigenvalue weighted by Gasteiger charge is 2.18. The second-order valence-electron chi connectivity index (χ2n) is 15.7. The summed E-state index contributed by atoms with van der Waals surface area (Å²) in [6.07, 6.45) is 48.7. The third kappa shape index (κ3) is 39.8. The van der Waals surface area contributed by atoms with E-state index < -0.39 is 12.1 Å². The number of carbonyl (C=O) groups is 2. The number of hydrogen-bond donors (Lipinski definition) is 3. The molecule has 1 amide bonds. The lowest BCUT2D eigenvalue weighted by molar-refractivity contribution is -0.143. The molecular weight excluding hydrogens is 659 g/mol. The van der Waals surface area contributed by atoms with Gasteiger partial charge in [0.05, 0.1) is 25.4 Å². The summed E-state index contributed by atoms with van der Waals surface area (Å²) in [5.74, 6) is -0.114. The van der Waals surface area contributed by atoms with E-state index in [-0.39, 0.29) is 18.5 Å². The van der Waals surface area contributed by atoms with Crippen molar-refractivity contribution < 1.29 is 24.5 Å². The first-order chi connectivity index (χ1) is 26.0. The van der Waals surface area contributed by atoms with Crippen LogP contribution in [-0.4, -0.2) is 47.4 Å². The topological polar surface area (TPSA) is 95.9 Å². The standard InChI is InChI=1S/C47H89NO5/c1-3-5-7-9-11-13-15-17-21-25-29-33-37-41-47(52)53-42-38-34-30-26-22-18-20-24-28-32-36-40-46(51)48-44(43-49)45(50)39-35-31-27-23-19-16-14-12-10-8-6-4-2/h13,15,35,39,44-45,49-50H,3-12,14,16-34,36-38,40-43H2,1-2H3,(H,48,51)/b15-13-,39-35+. The molecule has 0 fully saturated rings. The molecule has 2 unspecified atom stereocenters. The monoisotopic (exact) mass is 748 g/mol. The Hall–Kier alpha value is -1.66. The summed E-state index contributed by atoms with van der Waals surface area (Å²) in [6, 6.07) is -0.640. The molecule has 6 heteroatoms. The number of rotatable bonds is 42. The minimum Gasteiger partial charge on any atom is -0.466 e. The highest BCUT2D eigenvalue weighted by Crippen LogP contribution is 2.14. The Bertz CT molecular complexity index is 828. The van der Waals surface area contributed by atoms with E-state index >= 15 is 0 Å². The van der Waals surface area contributed by atoms with Gasteiger partial charge in [0.1, 0.15) is 0 Å². The van der Waals surface area contributed by atoms with E-state index in [2.05, 4.69) is 31.3 Å². The van der Waals surface area contributed by atoms with E-state index in [1.807, 2.05) is 6.08 Å². The number of ether oxygens (including phenoxy) is 1. The molecule has 0 radical (unpaired) electrons. The first-order valence-corrected chi connectivity index (χ1v) is 23.1. The van der Waals surface area contributed by atoms with Crippen molar-refractivity contribution in [1.29, 1.82) is 0 Å². The molecule has 0 saturated carbocycles. The number of carbonyl (C=O) groups excluding carboxylic acids is 2. The van der Waals surface area contributed by atoms with E-state index in [4.69, 9.17) is 4.74 Å². The fraction of sp³-hybridized carbons (Fsp3) is 0.872. The van der Waals surface area contributed by atoms with Gasteiger partial charge in [-0.25, -0.2) is 0 Å². The number of nitrogens with one attached hydrogen (secondary N) is 1. The number of aliphatic hydroxyl groups is 2. The average Bonchev–Trinajstić information content (AvgIpc) is 3.16. The Balaban J connectivity index is 3.52. The normalized spacial score (nSPS) is 12.9. The van der Waals surface area contributed by atoms with Crippen molar-refractivity contribution in [2.45, 2.75) is 251 Å². The smallest absolute Gasteiger partial charge is 0.305 e. The predicted molar refractivity (Wildman–Crippen MR) is 227 cm³/mol. The number of aliphatic hydroxyl groups excluding tert-OH is 2. The maximum atomic E-state index is 12.4. The van der Waals surface area contributed by atoms with Crippen LogP contribution in [0.1, 0.15) is 239 Å². The van der Waals surface area contributed by atoms with Crippen LogP contribution in [0.2, 0.25) is 0 Å². The van der Waals surface area contributed by atoms with E-state index in [1.54, 1.807) is 6.08 Å². The van der Waals surface area contributed by atoms with Gasteiger partial charge in [0.25, 0.3) is 0 Å². The molecule has 0 aliphatic carbocycles. The average molecular weight is 748 g/mol. The van der Waals surface area contributed by atoms with Gasteiger partial charge in [-0.1, -0.05) is 192 Å². The van der Waals surface area contributed by atoms with Gasteiger partial charge in [-0.15, -0.1) is 0 Å². The van der Waals surface area contributed by atoms with Crippen LogP contribution in [0, 0.1) is 0 Å². The Morgan fingerprint density at radius 3 is 1.36 bits per heavy atom. The minimum atomic E-state index is -0.855. The lowest BCUT2D eigenvalue weighted by atomic mass is 10.0.